The number of ether oxygens (including phenoxy) is 1. The minimum absolute atomic E-state index is 0. The Labute approximate surface area is 162 Å². The van der Waals surface area contributed by atoms with Crippen LogP contribution < -0.4 is 10.5 Å². The van der Waals surface area contributed by atoms with Crippen LogP contribution in [0, 0.1) is 6.92 Å². The van der Waals surface area contributed by atoms with Crippen molar-refractivity contribution in [2.45, 2.75) is 13.0 Å². The summed E-state index contributed by atoms with van der Waals surface area (Å²) in [6.45, 7) is 2.00. The van der Waals surface area contributed by atoms with Gasteiger partial charge in [-0.3, -0.25) is 4.79 Å². The molecule has 0 saturated heterocycles. The van der Waals surface area contributed by atoms with E-state index in [1.54, 1.807) is 18.2 Å². The maximum atomic E-state index is 11.1. The van der Waals surface area contributed by atoms with Crippen molar-refractivity contribution in [1.29, 1.82) is 0 Å². The summed E-state index contributed by atoms with van der Waals surface area (Å²) in [5.74, 6) is -0.570. The third-order valence-electron chi connectivity index (χ3n) is 3.37. The summed E-state index contributed by atoms with van der Waals surface area (Å²) in [4.78, 5) is 11.7. The maximum absolute atomic E-state index is 11.1. The van der Waals surface area contributed by atoms with Crippen LogP contribution in [0.25, 0.3) is 0 Å². The number of rotatable bonds is 5. The Morgan fingerprint density at radius 2 is 1.78 bits per heavy atom. The molecule has 0 heterocycles. The van der Waals surface area contributed by atoms with E-state index in [0.29, 0.717) is 21.7 Å². The van der Waals surface area contributed by atoms with Gasteiger partial charge in [0.25, 0.3) is 0 Å². The van der Waals surface area contributed by atoms with Gasteiger partial charge >= 0.3 is 35.5 Å². The molecule has 2 rings (SSSR count). The van der Waals surface area contributed by atoms with Gasteiger partial charge in [-0.25, -0.2) is 0 Å². The predicted molar refractivity (Wildman–Crippen MR) is 96.7 cm³/mol. The van der Waals surface area contributed by atoms with E-state index >= 15 is 0 Å². The number of aryl methyl sites for hydroxylation is 1. The van der Waals surface area contributed by atoms with Crippen molar-refractivity contribution in [3.05, 3.63) is 64.7 Å². The van der Waals surface area contributed by atoms with Gasteiger partial charge in [0.2, 0.25) is 0 Å². The number of aliphatic carboxylic acids is 1. The van der Waals surface area contributed by atoms with E-state index in [1.165, 1.54) is 7.11 Å². The Morgan fingerprint density at radius 3 is 2.30 bits per heavy atom. The first-order chi connectivity index (χ1) is 10.4. The molecule has 0 amide bonds. The number of thiocarbonyl (C=S) groups is 1. The first-order valence-corrected chi connectivity index (χ1v) is 7.12. The molecule has 0 spiro atoms. The fourth-order valence-electron chi connectivity index (χ4n) is 2.06. The quantitative estimate of drug-likeness (QED) is 0.496. The van der Waals surface area contributed by atoms with E-state index < -0.39 is 12.0 Å². The zero-order chi connectivity index (χ0) is 16.3. The molecule has 1 atom stereocenters. The molecule has 4 nitrogen and oxygen atoms in total. The molecule has 0 radical (unpaired) electrons. The average molecular weight is 339 g/mol. The number of carbonyl (C=O) groups is 1. The van der Waals surface area contributed by atoms with Gasteiger partial charge in [-0.15, -0.1) is 0 Å². The normalized spacial score (nSPS) is 11.3. The van der Waals surface area contributed by atoms with Crippen LogP contribution >= 0.6 is 12.2 Å². The Morgan fingerprint density at radius 1 is 1.17 bits per heavy atom. The van der Waals surface area contributed by atoms with Crippen LogP contribution in [0.5, 0.6) is 5.75 Å². The molecule has 2 aromatic rings. The van der Waals surface area contributed by atoms with E-state index in [9.17, 15) is 4.79 Å². The summed E-state index contributed by atoms with van der Waals surface area (Å²) < 4.78 is 5.22. The van der Waals surface area contributed by atoms with Gasteiger partial charge in [0.05, 0.1) is 12.0 Å². The van der Waals surface area contributed by atoms with E-state index in [-0.39, 0.29) is 29.6 Å². The summed E-state index contributed by atoms with van der Waals surface area (Å²) >= 11 is 5.51. The molecule has 23 heavy (non-hydrogen) atoms. The standard InChI is InChI=1S/C17H17NO3S.Na.H/c1-10-3-5-11(6-4-10)16(22)13-7-12(15(18)17(19)20)8-14(9-13)21-2;;/h3-9,15H,18H2,1-2H3,(H,19,20);;. The Balaban J connectivity index is 0.00000264. The van der Waals surface area contributed by atoms with Gasteiger partial charge in [0.1, 0.15) is 11.8 Å². The molecule has 0 saturated carbocycles. The minimum atomic E-state index is -1.12. The van der Waals surface area contributed by atoms with Gasteiger partial charge in [-0.2, -0.15) is 0 Å². The molecule has 0 aliphatic heterocycles. The monoisotopic (exact) mass is 339 g/mol. The topological polar surface area (TPSA) is 72.5 Å². The van der Waals surface area contributed by atoms with Crippen molar-refractivity contribution in [1.82, 2.24) is 0 Å². The molecule has 116 valence electrons. The molecule has 2 aromatic carbocycles. The molecule has 6 heteroatoms. The second-order valence-corrected chi connectivity index (χ2v) is 5.41. The number of carboxylic acid groups (broad SMARTS) is 1. The van der Waals surface area contributed by atoms with Gasteiger partial charge in [0.15, 0.2) is 0 Å². The van der Waals surface area contributed by atoms with Crippen LogP contribution in [-0.2, 0) is 4.79 Å². The molecular formula is C17H18NNaO3S. The Kier molecular flexibility index (Phi) is 7.38. The summed E-state index contributed by atoms with van der Waals surface area (Å²) in [7, 11) is 1.52. The van der Waals surface area contributed by atoms with Crippen molar-refractivity contribution in [2.24, 2.45) is 5.73 Å². The molecule has 0 fully saturated rings. The first-order valence-electron chi connectivity index (χ1n) is 6.71. The second-order valence-electron chi connectivity index (χ2n) is 5.01. The van der Waals surface area contributed by atoms with Gasteiger partial charge in [-0.05, 0) is 41.8 Å². The summed E-state index contributed by atoms with van der Waals surface area (Å²) in [5.41, 5.74) is 8.89. The van der Waals surface area contributed by atoms with Crippen LogP contribution in [0.4, 0.5) is 0 Å². The van der Waals surface area contributed by atoms with Gasteiger partial charge in [-0.1, -0.05) is 42.0 Å². The summed E-state index contributed by atoms with van der Waals surface area (Å²) in [6.07, 6.45) is 0. The Hall–Kier alpha value is -1.24. The van der Waals surface area contributed by atoms with Crippen LogP contribution in [0.15, 0.2) is 42.5 Å². The SMILES string of the molecule is COc1cc(C(=S)c2ccc(C)cc2)cc(C(N)C(=O)O)c1.[NaH]. The van der Waals surface area contributed by atoms with Crippen molar-refractivity contribution in [3.63, 3.8) is 0 Å². The molecule has 3 N–H and O–H groups in total. The predicted octanol–water partition coefficient (Wildman–Crippen LogP) is 2.21. The molecule has 0 aromatic heterocycles. The zero-order valence-corrected chi connectivity index (χ0v) is 13.2. The van der Waals surface area contributed by atoms with Crippen molar-refractivity contribution in [3.8, 4) is 5.75 Å². The second kappa shape index (κ2) is 8.57. The molecule has 0 aliphatic rings. The van der Waals surface area contributed by atoms with E-state index in [4.69, 9.17) is 27.8 Å². The third-order valence-corrected chi connectivity index (χ3v) is 3.84. The molecule has 1 unspecified atom stereocenters. The number of methoxy groups -OCH3 is 1. The number of hydrogen-bond acceptors (Lipinski definition) is 4. The van der Waals surface area contributed by atoms with Crippen molar-refractivity contribution < 1.29 is 14.6 Å². The van der Waals surface area contributed by atoms with Gasteiger partial charge in [0, 0.05) is 0 Å². The third kappa shape index (κ3) is 4.86. The van der Waals surface area contributed by atoms with Crippen molar-refractivity contribution >= 4 is 52.6 Å². The zero-order valence-electron chi connectivity index (χ0n) is 12.4. The van der Waals surface area contributed by atoms with Crippen LogP contribution in [-0.4, -0.2) is 52.6 Å². The number of carboxylic acids is 1. The number of hydrogen-bond donors (Lipinski definition) is 2. The Bertz CT molecular complexity index is 716. The molecule has 0 aliphatic carbocycles. The number of nitrogens with two attached hydrogens (primary N) is 1. The first kappa shape index (κ1) is 19.8. The van der Waals surface area contributed by atoms with E-state index in [0.717, 1.165) is 11.1 Å². The number of benzene rings is 2. The van der Waals surface area contributed by atoms with Crippen LogP contribution in [0.1, 0.15) is 28.3 Å². The van der Waals surface area contributed by atoms with Crippen LogP contribution in [0.2, 0.25) is 0 Å². The van der Waals surface area contributed by atoms with Crippen molar-refractivity contribution in [2.75, 3.05) is 7.11 Å². The molecule has 0 bridgehead atoms. The van der Waals surface area contributed by atoms with E-state index in [2.05, 4.69) is 0 Å². The molecular weight excluding hydrogens is 321 g/mol. The van der Waals surface area contributed by atoms with E-state index in [1.807, 2.05) is 31.2 Å². The van der Waals surface area contributed by atoms with Gasteiger partial charge < -0.3 is 15.6 Å². The summed E-state index contributed by atoms with van der Waals surface area (Å²) in [5, 5.41) is 9.08. The fraction of sp³-hybridized carbons (Fsp3) is 0.176. The average Bonchev–Trinajstić information content (AvgIpc) is 2.53. The van der Waals surface area contributed by atoms with Crippen LogP contribution in [0.3, 0.4) is 0 Å². The fourth-order valence-corrected chi connectivity index (χ4v) is 2.32. The summed E-state index contributed by atoms with van der Waals surface area (Å²) in [6, 6.07) is 11.8.